The molecule has 2 heterocycles. The van der Waals surface area contributed by atoms with Crippen molar-refractivity contribution in [1.82, 2.24) is 9.88 Å². The highest BCUT2D eigenvalue weighted by atomic mass is 19.1. The minimum atomic E-state index is -0.325. The summed E-state index contributed by atoms with van der Waals surface area (Å²) in [6.07, 6.45) is 4.30. The number of carbonyl (C=O) groups is 1. The molecule has 0 radical (unpaired) electrons. The fraction of sp³-hybridized carbons (Fsp3) is 0.294. The van der Waals surface area contributed by atoms with Gasteiger partial charge in [0.2, 0.25) is 0 Å². The molecule has 5 nitrogen and oxygen atoms in total. The van der Waals surface area contributed by atoms with Crippen molar-refractivity contribution < 1.29 is 13.9 Å². The summed E-state index contributed by atoms with van der Waals surface area (Å²) in [6.45, 7) is 1.72. The van der Waals surface area contributed by atoms with Gasteiger partial charge in [0, 0.05) is 31.2 Å². The lowest BCUT2D eigenvalue weighted by Gasteiger charge is -2.17. The molecule has 1 atom stereocenters. The number of rotatable bonds is 4. The predicted molar refractivity (Wildman–Crippen MR) is 84.4 cm³/mol. The zero-order chi connectivity index (χ0) is 16.1. The first-order chi connectivity index (χ1) is 11.2. The van der Waals surface area contributed by atoms with Crippen LogP contribution in [0.2, 0.25) is 0 Å². The van der Waals surface area contributed by atoms with Crippen LogP contribution in [0.15, 0.2) is 48.8 Å². The third-order valence-corrected chi connectivity index (χ3v) is 3.76. The molecule has 1 N–H and O–H groups in total. The number of hydrogen-bond donors (Lipinski definition) is 1. The quantitative estimate of drug-likeness (QED) is 0.943. The molecule has 1 aromatic carbocycles. The Morgan fingerprint density at radius 2 is 2.00 bits per heavy atom. The molecule has 0 saturated carbocycles. The van der Waals surface area contributed by atoms with Crippen LogP contribution in [0.4, 0.5) is 14.9 Å². The largest absolute Gasteiger partial charge is 0.372 e. The van der Waals surface area contributed by atoms with E-state index in [0.29, 0.717) is 25.4 Å². The molecule has 6 heteroatoms. The third-order valence-electron chi connectivity index (χ3n) is 3.76. The highest BCUT2D eigenvalue weighted by molar-refractivity contribution is 5.89. The number of urea groups is 1. The standard InChI is InChI=1S/C17H18FN3O2/c18-14-1-3-15(4-2-14)20-17(22)21-10-7-16(11-21)23-12-13-5-8-19-9-6-13/h1-6,8-9,16H,7,10-12H2,(H,20,22)/t16-/m0/s1. The van der Waals surface area contributed by atoms with Crippen molar-refractivity contribution in [3.05, 3.63) is 60.2 Å². The van der Waals surface area contributed by atoms with Gasteiger partial charge >= 0.3 is 6.03 Å². The SMILES string of the molecule is O=C(Nc1ccc(F)cc1)N1CC[C@H](OCc2ccncc2)C1. The van der Waals surface area contributed by atoms with E-state index in [2.05, 4.69) is 10.3 Å². The number of nitrogens with zero attached hydrogens (tertiary/aromatic N) is 2. The van der Waals surface area contributed by atoms with Crippen molar-refractivity contribution in [1.29, 1.82) is 0 Å². The Hall–Kier alpha value is -2.47. The van der Waals surface area contributed by atoms with E-state index in [1.54, 1.807) is 29.4 Å². The van der Waals surface area contributed by atoms with E-state index < -0.39 is 0 Å². The number of anilines is 1. The minimum Gasteiger partial charge on any atom is -0.372 e. The molecule has 2 aromatic rings. The van der Waals surface area contributed by atoms with Gasteiger partial charge < -0.3 is 15.0 Å². The van der Waals surface area contributed by atoms with E-state index in [1.807, 2.05) is 12.1 Å². The van der Waals surface area contributed by atoms with Crippen LogP contribution in [-0.4, -0.2) is 35.1 Å². The Morgan fingerprint density at radius 1 is 1.26 bits per heavy atom. The third kappa shape index (κ3) is 4.26. The molecule has 1 fully saturated rings. The highest BCUT2D eigenvalue weighted by Crippen LogP contribution is 2.16. The number of benzene rings is 1. The van der Waals surface area contributed by atoms with Crippen LogP contribution >= 0.6 is 0 Å². The molecule has 0 bridgehead atoms. The first-order valence-corrected chi connectivity index (χ1v) is 7.53. The van der Waals surface area contributed by atoms with Gasteiger partial charge in [0.1, 0.15) is 5.82 Å². The summed E-state index contributed by atoms with van der Waals surface area (Å²) in [5.74, 6) is -0.325. The van der Waals surface area contributed by atoms with E-state index in [-0.39, 0.29) is 18.0 Å². The molecule has 0 aliphatic carbocycles. The number of amides is 2. The predicted octanol–water partition coefficient (Wildman–Crippen LogP) is 3.04. The fourth-order valence-electron chi connectivity index (χ4n) is 2.48. The monoisotopic (exact) mass is 315 g/mol. The van der Waals surface area contributed by atoms with Crippen LogP contribution in [0.1, 0.15) is 12.0 Å². The number of ether oxygens (including phenoxy) is 1. The van der Waals surface area contributed by atoms with Crippen LogP contribution in [0.5, 0.6) is 0 Å². The molecule has 1 aromatic heterocycles. The maximum Gasteiger partial charge on any atom is 0.321 e. The van der Waals surface area contributed by atoms with Crippen LogP contribution in [0, 0.1) is 5.82 Å². The van der Waals surface area contributed by atoms with Gasteiger partial charge in [-0.1, -0.05) is 0 Å². The van der Waals surface area contributed by atoms with Crippen molar-refractivity contribution >= 4 is 11.7 Å². The molecule has 2 amide bonds. The van der Waals surface area contributed by atoms with Crippen molar-refractivity contribution in [2.75, 3.05) is 18.4 Å². The van der Waals surface area contributed by atoms with Gasteiger partial charge in [0.25, 0.3) is 0 Å². The van der Waals surface area contributed by atoms with Crippen molar-refractivity contribution in [3.8, 4) is 0 Å². The van der Waals surface area contributed by atoms with Crippen LogP contribution in [0.3, 0.4) is 0 Å². The van der Waals surface area contributed by atoms with Crippen LogP contribution in [-0.2, 0) is 11.3 Å². The number of nitrogens with one attached hydrogen (secondary N) is 1. The Labute approximate surface area is 134 Å². The molecular formula is C17H18FN3O2. The summed E-state index contributed by atoms with van der Waals surface area (Å²) >= 11 is 0. The summed E-state index contributed by atoms with van der Waals surface area (Å²) in [4.78, 5) is 17.9. The molecule has 1 aliphatic rings. The molecule has 0 unspecified atom stereocenters. The summed E-state index contributed by atoms with van der Waals surface area (Å²) in [6, 6.07) is 9.36. The Bertz CT molecular complexity index is 649. The minimum absolute atomic E-state index is 0.0298. The molecular weight excluding hydrogens is 297 g/mol. The Morgan fingerprint density at radius 3 is 2.74 bits per heavy atom. The number of aromatic nitrogens is 1. The first-order valence-electron chi connectivity index (χ1n) is 7.53. The Kier molecular flexibility index (Phi) is 4.83. The summed E-state index contributed by atoms with van der Waals surface area (Å²) in [5.41, 5.74) is 1.65. The zero-order valence-corrected chi connectivity index (χ0v) is 12.6. The van der Waals surface area contributed by atoms with Gasteiger partial charge in [-0.15, -0.1) is 0 Å². The molecule has 120 valence electrons. The zero-order valence-electron chi connectivity index (χ0n) is 12.6. The van der Waals surface area contributed by atoms with E-state index in [0.717, 1.165) is 12.0 Å². The molecule has 0 spiro atoms. The fourth-order valence-corrected chi connectivity index (χ4v) is 2.48. The number of hydrogen-bond acceptors (Lipinski definition) is 3. The van der Waals surface area contributed by atoms with E-state index in [4.69, 9.17) is 4.74 Å². The second-order valence-electron chi connectivity index (χ2n) is 5.46. The maximum absolute atomic E-state index is 12.9. The lowest BCUT2D eigenvalue weighted by Crippen LogP contribution is -2.34. The van der Waals surface area contributed by atoms with Gasteiger partial charge in [0.15, 0.2) is 0 Å². The summed E-state index contributed by atoms with van der Waals surface area (Å²) in [5, 5.41) is 2.76. The van der Waals surface area contributed by atoms with Crippen molar-refractivity contribution in [2.24, 2.45) is 0 Å². The number of carbonyl (C=O) groups excluding carboxylic acids is 1. The van der Waals surface area contributed by atoms with Crippen LogP contribution in [0.25, 0.3) is 0 Å². The van der Waals surface area contributed by atoms with Gasteiger partial charge in [0.05, 0.1) is 12.7 Å². The van der Waals surface area contributed by atoms with E-state index in [1.165, 1.54) is 12.1 Å². The van der Waals surface area contributed by atoms with Gasteiger partial charge in [-0.05, 0) is 48.4 Å². The maximum atomic E-state index is 12.9. The van der Waals surface area contributed by atoms with Gasteiger partial charge in [-0.25, -0.2) is 9.18 Å². The number of likely N-dealkylation sites (tertiary alicyclic amines) is 1. The Balaban J connectivity index is 1.47. The first kappa shape index (κ1) is 15.4. The van der Waals surface area contributed by atoms with Crippen molar-refractivity contribution in [3.63, 3.8) is 0 Å². The van der Waals surface area contributed by atoms with E-state index in [9.17, 15) is 9.18 Å². The summed E-state index contributed by atoms with van der Waals surface area (Å²) in [7, 11) is 0. The molecule has 1 aliphatic heterocycles. The smallest absolute Gasteiger partial charge is 0.321 e. The van der Waals surface area contributed by atoms with Gasteiger partial charge in [-0.2, -0.15) is 0 Å². The molecule has 1 saturated heterocycles. The molecule has 23 heavy (non-hydrogen) atoms. The van der Waals surface area contributed by atoms with Crippen LogP contribution < -0.4 is 5.32 Å². The number of pyridine rings is 1. The molecule has 3 rings (SSSR count). The second-order valence-corrected chi connectivity index (χ2v) is 5.46. The second kappa shape index (κ2) is 7.19. The summed E-state index contributed by atoms with van der Waals surface area (Å²) < 4.78 is 18.7. The normalized spacial score (nSPS) is 17.3. The average molecular weight is 315 g/mol. The topological polar surface area (TPSA) is 54.5 Å². The number of halogens is 1. The highest BCUT2D eigenvalue weighted by Gasteiger charge is 2.26. The van der Waals surface area contributed by atoms with Gasteiger partial charge in [-0.3, -0.25) is 4.98 Å². The lowest BCUT2D eigenvalue weighted by molar-refractivity contribution is 0.0490. The average Bonchev–Trinajstić information content (AvgIpc) is 3.05. The lowest BCUT2D eigenvalue weighted by atomic mass is 10.3. The van der Waals surface area contributed by atoms with Crippen molar-refractivity contribution in [2.45, 2.75) is 19.1 Å². The van der Waals surface area contributed by atoms with E-state index >= 15 is 0 Å².